The number of hydrogen-bond donors (Lipinski definition) is 3. The first kappa shape index (κ1) is 27.0. The Hall–Kier alpha value is -4.04. The number of aryl methyl sites for hydroxylation is 3. The topological polar surface area (TPSA) is 91.8 Å². The molecule has 0 radical (unpaired) electrons. The number of hydrogen-bond acceptors (Lipinski definition) is 6. The smallest absolute Gasteiger partial charge is 0.255 e. The van der Waals surface area contributed by atoms with Crippen LogP contribution in [-0.2, 0) is 9.59 Å². The lowest BCUT2D eigenvalue weighted by Gasteiger charge is -2.27. The minimum absolute atomic E-state index is 0.129. The molecule has 2 amide bonds. The fourth-order valence-electron chi connectivity index (χ4n) is 4.17. The number of para-hydroxylation sites is 1. The van der Waals surface area contributed by atoms with Crippen LogP contribution < -0.4 is 20.7 Å². The number of amides is 2. The molecule has 38 heavy (non-hydrogen) atoms. The van der Waals surface area contributed by atoms with Gasteiger partial charge in [0.05, 0.1) is 18.4 Å². The van der Waals surface area contributed by atoms with Crippen molar-refractivity contribution < 1.29 is 14.3 Å². The van der Waals surface area contributed by atoms with Gasteiger partial charge < -0.3 is 20.7 Å². The van der Waals surface area contributed by atoms with Crippen LogP contribution >= 0.6 is 11.8 Å². The van der Waals surface area contributed by atoms with Crippen molar-refractivity contribution in [3.05, 3.63) is 100 Å². The van der Waals surface area contributed by atoms with E-state index in [0.29, 0.717) is 22.1 Å². The van der Waals surface area contributed by atoms with Crippen LogP contribution in [-0.4, -0.2) is 29.8 Å². The van der Waals surface area contributed by atoms with E-state index in [2.05, 4.69) is 16.0 Å². The van der Waals surface area contributed by atoms with E-state index in [9.17, 15) is 9.59 Å². The first-order chi connectivity index (χ1) is 18.2. The van der Waals surface area contributed by atoms with Gasteiger partial charge in [0.15, 0.2) is 5.17 Å². The van der Waals surface area contributed by atoms with Gasteiger partial charge >= 0.3 is 0 Å². The lowest BCUT2D eigenvalue weighted by molar-refractivity contribution is -0.114. The van der Waals surface area contributed by atoms with Crippen molar-refractivity contribution in [2.24, 2.45) is 4.99 Å². The molecule has 0 bridgehead atoms. The quantitative estimate of drug-likeness (QED) is 0.355. The molecular weight excluding hydrogens is 496 g/mol. The Labute approximate surface area is 227 Å². The van der Waals surface area contributed by atoms with Gasteiger partial charge in [-0.15, -0.1) is 0 Å². The maximum Gasteiger partial charge on any atom is 0.255 e. The molecule has 0 saturated heterocycles. The molecule has 8 heteroatoms. The maximum atomic E-state index is 13.4. The number of nitrogens with one attached hydrogen (secondary N) is 3. The number of benzene rings is 3. The summed E-state index contributed by atoms with van der Waals surface area (Å²) < 4.78 is 5.54. The highest BCUT2D eigenvalue weighted by atomic mass is 32.2. The lowest BCUT2D eigenvalue weighted by Crippen LogP contribution is -2.32. The van der Waals surface area contributed by atoms with E-state index >= 15 is 0 Å². The molecule has 0 fully saturated rings. The second kappa shape index (κ2) is 12.0. The first-order valence-electron chi connectivity index (χ1n) is 12.3. The van der Waals surface area contributed by atoms with Gasteiger partial charge in [-0.05, 0) is 74.2 Å². The highest BCUT2D eigenvalue weighted by Gasteiger charge is 2.30. The molecule has 1 heterocycles. The average molecular weight is 529 g/mol. The summed E-state index contributed by atoms with van der Waals surface area (Å²) in [5.41, 5.74) is 6.57. The number of aliphatic imine (C=N–C) groups is 1. The average Bonchev–Trinajstić information content (AvgIpc) is 2.90. The van der Waals surface area contributed by atoms with E-state index in [1.54, 1.807) is 7.11 Å². The molecule has 3 aromatic carbocycles. The van der Waals surface area contributed by atoms with Crippen LogP contribution in [0.1, 0.15) is 35.2 Å². The Morgan fingerprint density at radius 3 is 2.42 bits per heavy atom. The molecule has 3 N–H and O–H groups in total. The number of nitrogens with zero attached hydrogens (tertiary/aromatic N) is 1. The Morgan fingerprint density at radius 2 is 1.68 bits per heavy atom. The predicted molar refractivity (Wildman–Crippen MR) is 156 cm³/mol. The van der Waals surface area contributed by atoms with Crippen molar-refractivity contribution in [2.75, 3.05) is 23.5 Å². The zero-order valence-electron chi connectivity index (χ0n) is 22.2. The summed E-state index contributed by atoms with van der Waals surface area (Å²) in [6.45, 7) is 7.77. The molecule has 1 aliphatic rings. The molecule has 1 aliphatic heterocycles. The molecule has 4 rings (SSSR count). The summed E-state index contributed by atoms with van der Waals surface area (Å²) in [4.78, 5) is 31.1. The van der Waals surface area contributed by atoms with Gasteiger partial charge in [-0.2, -0.15) is 0 Å². The van der Waals surface area contributed by atoms with Crippen LogP contribution in [0.4, 0.5) is 11.4 Å². The number of anilines is 2. The zero-order valence-corrected chi connectivity index (χ0v) is 23.0. The van der Waals surface area contributed by atoms with E-state index in [1.165, 1.54) is 11.8 Å². The lowest BCUT2D eigenvalue weighted by atomic mass is 9.94. The summed E-state index contributed by atoms with van der Waals surface area (Å²) in [6, 6.07) is 20.5. The van der Waals surface area contributed by atoms with Crippen LogP contribution in [0.25, 0.3) is 0 Å². The van der Waals surface area contributed by atoms with E-state index < -0.39 is 6.04 Å². The monoisotopic (exact) mass is 528 g/mol. The maximum absolute atomic E-state index is 13.4. The molecular formula is C30H32N4O3S. The summed E-state index contributed by atoms with van der Waals surface area (Å²) >= 11 is 1.30. The second-order valence-corrected chi connectivity index (χ2v) is 10.2. The highest BCUT2D eigenvalue weighted by molar-refractivity contribution is 8.14. The minimum Gasteiger partial charge on any atom is -0.496 e. The number of thioether (sulfide) groups is 1. The summed E-state index contributed by atoms with van der Waals surface area (Å²) in [7, 11) is 1.62. The molecule has 0 aromatic heterocycles. The van der Waals surface area contributed by atoms with Crippen LogP contribution in [0.5, 0.6) is 5.75 Å². The molecule has 3 aromatic rings. The standard InChI is InChI=1S/C30H32N4O3S/c1-18-11-12-19(2)24(15-18)33-26(35)17-38-30-31-21(4)27(29(36)32-23-9-7-6-8-10-23)28(34-30)22-14-13-20(3)25(16-22)37-5/h6-16,28H,17H2,1-5H3,(H,31,34)(H,32,36)(H,33,35)/t28-/m1/s1. The predicted octanol–water partition coefficient (Wildman–Crippen LogP) is 5.91. The number of amidine groups is 1. The first-order valence-corrected chi connectivity index (χ1v) is 13.3. The number of rotatable bonds is 7. The largest absolute Gasteiger partial charge is 0.496 e. The number of carbonyl (C=O) groups excluding carboxylic acids is 2. The summed E-state index contributed by atoms with van der Waals surface area (Å²) in [5, 5.41) is 9.76. The van der Waals surface area contributed by atoms with E-state index in [1.807, 2.05) is 94.4 Å². The molecule has 7 nitrogen and oxygen atoms in total. The third-order valence-corrected chi connectivity index (χ3v) is 7.14. The Morgan fingerprint density at radius 1 is 0.947 bits per heavy atom. The Kier molecular flexibility index (Phi) is 8.53. The SMILES string of the molecule is COc1cc([C@H]2N=C(SCC(=O)Nc3cc(C)ccc3C)NC(C)=C2C(=O)Nc2ccccc2)ccc1C. The highest BCUT2D eigenvalue weighted by Crippen LogP contribution is 2.35. The van der Waals surface area contributed by atoms with Gasteiger partial charge in [0.25, 0.3) is 5.91 Å². The van der Waals surface area contributed by atoms with Crippen LogP contribution in [0.15, 0.2) is 83.0 Å². The fraction of sp³-hybridized carbons (Fsp3) is 0.233. The van der Waals surface area contributed by atoms with Crippen LogP contribution in [0, 0.1) is 20.8 Å². The molecule has 0 saturated carbocycles. The van der Waals surface area contributed by atoms with Gasteiger partial charge in [-0.3, -0.25) is 9.59 Å². The fourth-order valence-corrected chi connectivity index (χ4v) is 4.92. The molecule has 0 unspecified atom stereocenters. The van der Waals surface area contributed by atoms with Gasteiger partial charge in [0.2, 0.25) is 5.91 Å². The van der Waals surface area contributed by atoms with Crippen molar-refractivity contribution in [2.45, 2.75) is 33.7 Å². The molecule has 1 atom stereocenters. The molecule has 0 aliphatic carbocycles. The molecule has 0 spiro atoms. The van der Waals surface area contributed by atoms with E-state index in [0.717, 1.165) is 33.7 Å². The third-order valence-electron chi connectivity index (χ3n) is 6.25. The van der Waals surface area contributed by atoms with Gasteiger partial charge in [-0.1, -0.05) is 54.2 Å². The number of methoxy groups -OCH3 is 1. The van der Waals surface area contributed by atoms with Crippen molar-refractivity contribution in [3.63, 3.8) is 0 Å². The summed E-state index contributed by atoms with van der Waals surface area (Å²) in [5.74, 6) is 0.517. The Balaban J connectivity index is 1.58. The van der Waals surface area contributed by atoms with E-state index in [-0.39, 0.29) is 17.6 Å². The third kappa shape index (κ3) is 6.44. The normalized spacial score (nSPS) is 14.9. The van der Waals surface area contributed by atoms with Crippen molar-refractivity contribution in [1.29, 1.82) is 0 Å². The van der Waals surface area contributed by atoms with Gasteiger partial charge in [0.1, 0.15) is 11.8 Å². The van der Waals surface area contributed by atoms with Gasteiger partial charge in [0, 0.05) is 17.1 Å². The second-order valence-electron chi connectivity index (χ2n) is 9.20. The van der Waals surface area contributed by atoms with Crippen LogP contribution in [0.3, 0.4) is 0 Å². The van der Waals surface area contributed by atoms with Crippen molar-refractivity contribution in [3.8, 4) is 5.75 Å². The zero-order chi connectivity index (χ0) is 27.2. The summed E-state index contributed by atoms with van der Waals surface area (Å²) in [6.07, 6.45) is 0. The van der Waals surface area contributed by atoms with Crippen LogP contribution in [0.2, 0.25) is 0 Å². The minimum atomic E-state index is -0.570. The Bertz CT molecular complexity index is 1420. The van der Waals surface area contributed by atoms with Crippen molar-refractivity contribution in [1.82, 2.24) is 5.32 Å². The number of allylic oxidation sites excluding steroid dienone is 1. The van der Waals surface area contributed by atoms with Gasteiger partial charge in [-0.25, -0.2) is 4.99 Å². The number of carbonyl (C=O) groups is 2. The van der Waals surface area contributed by atoms with E-state index in [4.69, 9.17) is 9.73 Å². The molecule has 196 valence electrons. The number of ether oxygens (including phenoxy) is 1. The van der Waals surface area contributed by atoms with Crippen molar-refractivity contribution >= 4 is 40.1 Å².